The minimum atomic E-state index is -0.303. The molecular formula is C25H23FN4. The van der Waals surface area contributed by atoms with Crippen LogP contribution in [0.1, 0.15) is 31.3 Å². The zero-order valence-corrected chi connectivity index (χ0v) is 17.5. The quantitative estimate of drug-likeness (QED) is 0.373. The molecular weight excluding hydrogens is 375 g/mol. The predicted octanol–water partition coefficient (Wildman–Crippen LogP) is 6.58. The summed E-state index contributed by atoms with van der Waals surface area (Å²) in [5, 5.41) is 0.974. The summed E-state index contributed by atoms with van der Waals surface area (Å²) in [4.78, 5) is 12.3. The average molecular weight is 398 g/mol. The van der Waals surface area contributed by atoms with Gasteiger partial charge in [0.05, 0.1) is 5.52 Å². The molecule has 0 fully saturated rings. The molecule has 3 heterocycles. The number of halogens is 1. The van der Waals surface area contributed by atoms with E-state index >= 15 is 0 Å². The van der Waals surface area contributed by atoms with Gasteiger partial charge in [-0.15, -0.1) is 0 Å². The zero-order valence-electron chi connectivity index (χ0n) is 17.5. The van der Waals surface area contributed by atoms with Crippen molar-refractivity contribution in [2.24, 2.45) is 0 Å². The number of aromatic amines is 1. The third kappa shape index (κ3) is 2.81. The Morgan fingerprint density at radius 3 is 2.57 bits per heavy atom. The molecule has 3 aromatic heterocycles. The van der Waals surface area contributed by atoms with E-state index < -0.39 is 0 Å². The summed E-state index contributed by atoms with van der Waals surface area (Å²) in [6.45, 7) is 8.19. The summed E-state index contributed by atoms with van der Waals surface area (Å²) in [5.74, 6) is 0.515. The lowest BCUT2D eigenvalue weighted by Crippen LogP contribution is -2.02. The highest BCUT2D eigenvalue weighted by atomic mass is 19.1. The molecule has 0 spiro atoms. The molecule has 2 aromatic carbocycles. The molecule has 0 unspecified atom stereocenters. The molecule has 0 aliphatic heterocycles. The molecule has 0 bridgehead atoms. The van der Waals surface area contributed by atoms with Gasteiger partial charge in [-0.3, -0.25) is 0 Å². The van der Waals surface area contributed by atoms with Gasteiger partial charge in [0.2, 0.25) is 0 Å². The Morgan fingerprint density at radius 2 is 1.80 bits per heavy atom. The molecule has 0 aliphatic rings. The number of nitrogens with zero attached hydrogens (tertiary/aromatic N) is 3. The summed E-state index contributed by atoms with van der Waals surface area (Å²) >= 11 is 0. The fraction of sp³-hybridized carbons (Fsp3) is 0.200. The molecule has 5 aromatic rings. The number of rotatable bonds is 3. The minimum Gasteiger partial charge on any atom is -0.346 e. The lowest BCUT2D eigenvalue weighted by molar-refractivity contribution is 0.600. The number of aromatic nitrogens is 4. The Bertz CT molecular complexity index is 1410. The summed E-state index contributed by atoms with van der Waals surface area (Å²) in [5.41, 5.74) is 7.16. The smallest absolute Gasteiger partial charge is 0.151 e. The second-order valence-corrected chi connectivity index (χ2v) is 8.09. The molecule has 5 heteroatoms. The molecule has 0 radical (unpaired) electrons. The van der Waals surface area contributed by atoms with Crippen LogP contribution in [0.4, 0.5) is 4.39 Å². The maximum absolute atomic E-state index is 15.0. The summed E-state index contributed by atoms with van der Waals surface area (Å²) in [7, 11) is 0. The number of pyridine rings is 1. The first kappa shape index (κ1) is 18.6. The van der Waals surface area contributed by atoms with E-state index in [1.807, 2.05) is 37.5 Å². The van der Waals surface area contributed by atoms with Crippen molar-refractivity contribution in [3.8, 4) is 22.3 Å². The van der Waals surface area contributed by atoms with E-state index in [0.717, 1.165) is 44.6 Å². The number of hydrogen-bond donors (Lipinski definition) is 1. The van der Waals surface area contributed by atoms with Gasteiger partial charge in [0.25, 0.3) is 0 Å². The van der Waals surface area contributed by atoms with Gasteiger partial charge in [0.1, 0.15) is 17.0 Å². The lowest BCUT2D eigenvalue weighted by atomic mass is 9.99. The van der Waals surface area contributed by atoms with Crippen LogP contribution in [0.2, 0.25) is 0 Å². The van der Waals surface area contributed by atoms with Crippen molar-refractivity contribution in [1.29, 1.82) is 0 Å². The number of benzene rings is 2. The zero-order chi connectivity index (χ0) is 21.0. The first-order valence-electron chi connectivity index (χ1n) is 10.2. The van der Waals surface area contributed by atoms with Crippen molar-refractivity contribution >= 4 is 22.1 Å². The van der Waals surface area contributed by atoms with Crippen molar-refractivity contribution in [2.45, 2.75) is 33.7 Å². The van der Waals surface area contributed by atoms with E-state index in [0.29, 0.717) is 5.52 Å². The lowest BCUT2D eigenvalue weighted by Gasteiger charge is -2.11. The van der Waals surface area contributed by atoms with Gasteiger partial charge in [-0.25, -0.2) is 14.4 Å². The maximum Gasteiger partial charge on any atom is 0.151 e. The van der Waals surface area contributed by atoms with E-state index in [4.69, 9.17) is 0 Å². The van der Waals surface area contributed by atoms with Gasteiger partial charge in [-0.1, -0.05) is 24.3 Å². The van der Waals surface area contributed by atoms with E-state index in [-0.39, 0.29) is 11.9 Å². The third-order valence-electron chi connectivity index (χ3n) is 5.74. The monoisotopic (exact) mass is 398 g/mol. The van der Waals surface area contributed by atoms with Crippen LogP contribution >= 0.6 is 0 Å². The molecule has 0 saturated carbocycles. The first-order chi connectivity index (χ1) is 14.4. The van der Waals surface area contributed by atoms with Crippen LogP contribution < -0.4 is 0 Å². The molecule has 0 saturated heterocycles. The van der Waals surface area contributed by atoms with Gasteiger partial charge in [0.15, 0.2) is 5.82 Å². The van der Waals surface area contributed by atoms with Crippen LogP contribution in [0.15, 0.2) is 54.9 Å². The molecule has 0 atom stereocenters. The first-order valence-corrected chi connectivity index (χ1v) is 10.2. The van der Waals surface area contributed by atoms with E-state index in [1.165, 1.54) is 5.56 Å². The van der Waals surface area contributed by atoms with Crippen LogP contribution in [0.25, 0.3) is 44.3 Å². The van der Waals surface area contributed by atoms with Crippen molar-refractivity contribution in [3.05, 3.63) is 72.1 Å². The third-order valence-corrected chi connectivity index (χ3v) is 5.74. The Kier molecular flexibility index (Phi) is 4.21. The molecule has 0 amide bonds. The Hall–Kier alpha value is -3.47. The Morgan fingerprint density at radius 1 is 1.00 bits per heavy atom. The summed E-state index contributed by atoms with van der Waals surface area (Å²) in [6, 6.07) is 14.2. The van der Waals surface area contributed by atoms with Crippen LogP contribution in [0.3, 0.4) is 0 Å². The van der Waals surface area contributed by atoms with Crippen LogP contribution in [0, 0.1) is 19.7 Å². The highest BCUT2D eigenvalue weighted by Crippen LogP contribution is 2.35. The second-order valence-electron chi connectivity index (χ2n) is 8.09. The van der Waals surface area contributed by atoms with Gasteiger partial charge < -0.3 is 9.55 Å². The minimum absolute atomic E-state index is 0.196. The van der Waals surface area contributed by atoms with Crippen LogP contribution in [0.5, 0.6) is 0 Å². The predicted molar refractivity (Wildman–Crippen MR) is 120 cm³/mol. The van der Waals surface area contributed by atoms with Gasteiger partial charge in [-0.2, -0.15) is 0 Å². The number of aryl methyl sites for hydroxylation is 2. The number of hydrogen-bond acceptors (Lipinski definition) is 2. The summed E-state index contributed by atoms with van der Waals surface area (Å²) in [6.07, 6.45) is 3.79. The summed E-state index contributed by atoms with van der Waals surface area (Å²) < 4.78 is 17.1. The van der Waals surface area contributed by atoms with Crippen LogP contribution in [-0.2, 0) is 0 Å². The standard InChI is InChI=1S/C25H23FN4/c1-14(2)30-16(4)29-24-22(26)10-17(11-23(24)30)21-13-28-25-20(21)9-18(12-27-25)19-8-6-5-7-15(19)3/h5-14H,1-4H3,(H,27,28). The van der Waals surface area contributed by atoms with Crippen molar-refractivity contribution < 1.29 is 4.39 Å². The van der Waals surface area contributed by atoms with Gasteiger partial charge >= 0.3 is 0 Å². The largest absolute Gasteiger partial charge is 0.346 e. The topological polar surface area (TPSA) is 46.5 Å². The highest BCUT2D eigenvalue weighted by Gasteiger charge is 2.17. The number of nitrogens with one attached hydrogen (secondary N) is 1. The average Bonchev–Trinajstić information content (AvgIpc) is 3.28. The van der Waals surface area contributed by atoms with Crippen molar-refractivity contribution in [1.82, 2.24) is 19.5 Å². The Labute approximate surface area is 174 Å². The molecule has 4 nitrogen and oxygen atoms in total. The molecule has 0 aliphatic carbocycles. The van der Waals surface area contributed by atoms with Gasteiger partial charge in [-0.05, 0) is 62.6 Å². The van der Waals surface area contributed by atoms with Crippen molar-refractivity contribution in [2.75, 3.05) is 0 Å². The molecule has 1 N–H and O–H groups in total. The normalized spacial score (nSPS) is 11.8. The number of imidazole rings is 1. The molecule has 150 valence electrons. The fourth-order valence-corrected chi connectivity index (χ4v) is 4.36. The van der Waals surface area contributed by atoms with Crippen molar-refractivity contribution in [3.63, 3.8) is 0 Å². The number of fused-ring (bicyclic) bond motifs is 2. The Balaban J connectivity index is 1.73. The maximum atomic E-state index is 15.0. The second kappa shape index (κ2) is 6.80. The van der Waals surface area contributed by atoms with E-state index in [2.05, 4.69) is 58.5 Å². The number of H-pyrrole nitrogens is 1. The van der Waals surface area contributed by atoms with Crippen LogP contribution in [-0.4, -0.2) is 19.5 Å². The fourth-order valence-electron chi connectivity index (χ4n) is 4.36. The SMILES string of the molecule is Cc1ccccc1-c1cnc2[nH]cc(-c3cc(F)c4nc(C)n(C(C)C)c4c3)c2c1. The van der Waals surface area contributed by atoms with E-state index in [9.17, 15) is 4.39 Å². The molecule has 5 rings (SSSR count). The van der Waals surface area contributed by atoms with Gasteiger partial charge in [0, 0.05) is 34.9 Å². The molecule has 30 heavy (non-hydrogen) atoms. The van der Waals surface area contributed by atoms with E-state index in [1.54, 1.807) is 6.07 Å². The highest BCUT2D eigenvalue weighted by molar-refractivity contribution is 5.98.